The number of carbonyl (C=O) groups excluding carboxylic acids is 1. The van der Waals surface area contributed by atoms with E-state index in [1.165, 1.54) is 36.7 Å². The zero-order chi connectivity index (χ0) is 20.9. The van der Waals surface area contributed by atoms with E-state index in [1.807, 2.05) is 35.5 Å². The van der Waals surface area contributed by atoms with Crippen molar-refractivity contribution in [3.63, 3.8) is 0 Å². The maximum absolute atomic E-state index is 14.7. The Balaban J connectivity index is 1.38. The third kappa shape index (κ3) is 4.84. The van der Waals surface area contributed by atoms with Gasteiger partial charge in [0.15, 0.2) is 0 Å². The van der Waals surface area contributed by atoms with Gasteiger partial charge in [0.1, 0.15) is 10.8 Å². The smallest absolute Gasteiger partial charge is 0.230 e. The Hall–Kier alpha value is -2.80. The number of benzene rings is 1. The highest BCUT2D eigenvalue weighted by molar-refractivity contribution is 7.13. The molecule has 0 saturated heterocycles. The number of pyridine rings is 1. The van der Waals surface area contributed by atoms with Gasteiger partial charge in [-0.25, -0.2) is 9.37 Å². The molecule has 2 heterocycles. The van der Waals surface area contributed by atoms with E-state index in [-0.39, 0.29) is 18.1 Å². The molecule has 1 fully saturated rings. The SMILES string of the molecule is CN(c1ccc(NC(=O)Cc2csc(-c3ccccn3)n2)cc1F)C1CCCCC1. The zero-order valence-corrected chi connectivity index (χ0v) is 17.8. The molecular formula is C23H25FN4OS. The lowest BCUT2D eigenvalue weighted by Crippen LogP contribution is -2.33. The van der Waals surface area contributed by atoms with Crippen molar-refractivity contribution in [1.29, 1.82) is 0 Å². The van der Waals surface area contributed by atoms with Crippen molar-refractivity contribution in [3.8, 4) is 10.7 Å². The number of halogens is 1. The van der Waals surface area contributed by atoms with Crippen molar-refractivity contribution < 1.29 is 9.18 Å². The molecule has 1 aliphatic rings. The Labute approximate surface area is 180 Å². The molecule has 0 unspecified atom stereocenters. The molecule has 1 aliphatic carbocycles. The van der Waals surface area contributed by atoms with Gasteiger partial charge in [-0.3, -0.25) is 9.78 Å². The monoisotopic (exact) mass is 424 g/mol. The standard InChI is InChI=1S/C23H25FN4OS/c1-28(18-7-3-2-4-8-18)21-11-10-16(13-19(21)24)26-22(29)14-17-15-30-23(27-17)20-9-5-6-12-25-20/h5-6,9-13,15,18H,2-4,7-8,14H2,1H3,(H,26,29). The van der Waals surface area contributed by atoms with Crippen molar-refractivity contribution in [2.24, 2.45) is 0 Å². The van der Waals surface area contributed by atoms with Gasteiger partial charge in [-0.05, 0) is 43.2 Å². The first-order valence-electron chi connectivity index (χ1n) is 10.3. The quantitative estimate of drug-likeness (QED) is 0.584. The van der Waals surface area contributed by atoms with E-state index < -0.39 is 0 Å². The van der Waals surface area contributed by atoms with Crippen LogP contribution in [0.15, 0.2) is 48.0 Å². The minimum absolute atomic E-state index is 0.134. The second kappa shape index (κ2) is 9.34. The average Bonchev–Trinajstić information content (AvgIpc) is 3.23. The van der Waals surface area contributed by atoms with Gasteiger partial charge >= 0.3 is 0 Å². The van der Waals surface area contributed by atoms with Crippen LogP contribution >= 0.6 is 11.3 Å². The molecule has 1 N–H and O–H groups in total. The van der Waals surface area contributed by atoms with Crippen LogP contribution in [0.25, 0.3) is 10.7 Å². The van der Waals surface area contributed by atoms with E-state index in [9.17, 15) is 9.18 Å². The largest absolute Gasteiger partial charge is 0.369 e. The van der Waals surface area contributed by atoms with Gasteiger partial charge in [0.05, 0.1) is 23.5 Å². The molecular weight excluding hydrogens is 399 g/mol. The highest BCUT2D eigenvalue weighted by atomic mass is 32.1. The van der Waals surface area contributed by atoms with Gasteiger partial charge in [-0.15, -0.1) is 11.3 Å². The Morgan fingerprint density at radius 3 is 2.80 bits per heavy atom. The number of anilines is 2. The van der Waals surface area contributed by atoms with Crippen LogP contribution in [-0.4, -0.2) is 29.0 Å². The second-order valence-corrected chi connectivity index (χ2v) is 8.51. The minimum Gasteiger partial charge on any atom is -0.369 e. The van der Waals surface area contributed by atoms with Gasteiger partial charge in [-0.1, -0.05) is 25.3 Å². The molecule has 30 heavy (non-hydrogen) atoms. The number of hydrogen-bond acceptors (Lipinski definition) is 5. The Bertz CT molecular complexity index is 1000. The summed E-state index contributed by atoms with van der Waals surface area (Å²) in [6.45, 7) is 0. The molecule has 7 heteroatoms. The van der Waals surface area contributed by atoms with Crippen molar-refractivity contribution in [2.75, 3.05) is 17.3 Å². The fourth-order valence-electron chi connectivity index (χ4n) is 3.90. The molecule has 0 aliphatic heterocycles. The first-order valence-corrected chi connectivity index (χ1v) is 11.2. The van der Waals surface area contributed by atoms with Crippen LogP contribution in [0, 0.1) is 5.82 Å². The fraction of sp³-hybridized carbons (Fsp3) is 0.348. The van der Waals surface area contributed by atoms with Gasteiger partial charge in [0.2, 0.25) is 5.91 Å². The van der Waals surface area contributed by atoms with E-state index in [0.717, 1.165) is 23.5 Å². The molecule has 2 aromatic heterocycles. The lowest BCUT2D eigenvalue weighted by Gasteiger charge is -2.33. The maximum atomic E-state index is 14.7. The van der Waals surface area contributed by atoms with E-state index in [1.54, 1.807) is 18.3 Å². The molecule has 0 radical (unpaired) electrons. The number of nitrogens with zero attached hydrogens (tertiary/aromatic N) is 3. The lowest BCUT2D eigenvalue weighted by molar-refractivity contribution is -0.115. The van der Waals surface area contributed by atoms with Crippen LogP contribution in [0.2, 0.25) is 0 Å². The Kier molecular flexibility index (Phi) is 6.38. The molecule has 5 nitrogen and oxygen atoms in total. The van der Waals surface area contributed by atoms with E-state index in [4.69, 9.17) is 0 Å². The number of rotatable bonds is 6. The number of aromatic nitrogens is 2. The predicted octanol–water partition coefficient (Wildman–Crippen LogP) is 5.29. The fourth-order valence-corrected chi connectivity index (χ4v) is 4.70. The summed E-state index contributed by atoms with van der Waals surface area (Å²) in [4.78, 5) is 23.2. The number of amides is 1. The molecule has 156 valence electrons. The van der Waals surface area contributed by atoms with E-state index in [2.05, 4.69) is 15.3 Å². The molecule has 0 atom stereocenters. The summed E-state index contributed by atoms with van der Waals surface area (Å²) in [5.41, 5.74) is 2.50. The molecule has 4 rings (SSSR count). The number of nitrogens with one attached hydrogen (secondary N) is 1. The van der Waals surface area contributed by atoms with Crippen LogP contribution in [0.5, 0.6) is 0 Å². The maximum Gasteiger partial charge on any atom is 0.230 e. The van der Waals surface area contributed by atoms with E-state index in [0.29, 0.717) is 23.1 Å². The van der Waals surface area contributed by atoms with Crippen molar-refractivity contribution >= 4 is 28.6 Å². The predicted molar refractivity (Wildman–Crippen MR) is 119 cm³/mol. The molecule has 1 aromatic carbocycles. The molecule has 0 bridgehead atoms. The van der Waals surface area contributed by atoms with Gasteiger partial charge < -0.3 is 10.2 Å². The highest BCUT2D eigenvalue weighted by Gasteiger charge is 2.21. The number of thiazole rings is 1. The first kappa shape index (κ1) is 20.5. The van der Waals surface area contributed by atoms with Gasteiger partial charge in [0.25, 0.3) is 0 Å². The minimum atomic E-state index is -0.313. The molecule has 0 spiro atoms. The zero-order valence-electron chi connectivity index (χ0n) is 17.0. The third-order valence-electron chi connectivity index (χ3n) is 5.51. The van der Waals surface area contributed by atoms with Crippen LogP contribution in [0.4, 0.5) is 15.8 Å². The van der Waals surface area contributed by atoms with Crippen LogP contribution in [0.3, 0.4) is 0 Å². The Morgan fingerprint density at radius 2 is 2.07 bits per heavy atom. The topological polar surface area (TPSA) is 58.1 Å². The van der Waals surface area contributed by atoms with Crippen LogP contribution in [0.1, 0.15) is 37.8 Å². The molecule has 1 saturated carbocycles. The summed E-state index contributed by atoms with van der Waals surface area (Å²) < 4.78 is 14.7. The summed E-state index contributed by atoms with van der Waals surface area (Å²) >= 11 is 1.45. The average molecular weight is 425 g/mol. The third-order valence-corrected chi connectivity index (χ3v) is 6.42. The van der Waals surface area contributed by atoms with E-state index >= 15 is 0 Å². The molecule has 1 amide bonds. The van der Waals surface area contributed by atoms with Crippen molar-refractivity contribution in [2.45, 2.75) is 44.6 Å². The summed E-state index contributed by atoms with van der Waals surface area (Å²) in [7, 11) is 1.95. The van der Waals surface area contributed by atoms with Crippen molar-refractivity contribution in [1.82, 2.24) is 9.97 Å². The second-order valence-electron chi connectivity index (χ2n) is 7.65. The number of carbonyl (C=O) groups is 1. The first-order chi connectivity index (χ1) is 14.6. The Morgan fingerprint density at radius 1 is 1.23 bits per heavy atom. The summed E-state index contributed by atoms with van der Waals surface area (Å²) in [6.07, 6.45) is 7.71. The van der Waals surface area contributed by atoms with Crippen molar-refractivity contribution in [3.05, 3.63) is 59.5 Å². The lowest BCUT2D eigenvalue weighted by atomic mass is 9.94. The number of hydrogen-bond donors (Lipinski definition) is 1. The molecule has 3 aromatic rings. The normalized spacial score (nSPS) is 14.5. The van der Waals surface area contributed by atoms with Crippen LogP contribution < -0.4 is 10.2 Å². The van der Waals surface area contributed by atoms with Crippen LogP contribution in [-0.2, 0) is 11.2 Å². The summed E-state index contributed by atoms with van der Waals surface area (Å²) in [6, 6.07) is 10.9. The van der Waals surface area contributed by atoms with Gasteiger partial charge in [-0.2, -0.15) is 0 Å². The summed E-state index contributed by atoms with van der Waals surface area (Å²) in [5, 5.41) is 5.41. The highest BCUT2D eigenvalue weighted by Crippen LogP contribution is 2.29. The summed E-state index contributed by atoms with van der Waals surface area (Å²) in [5.74, 6) is -0.535. The van der Waals surface area contributed by atoms with Gasteiger partial charge in [0, 0.05) is 30.4 Å².